The number of amides is 2. The monoisotopic (exact) mass is 248 g/mol. The minimum absolute atomic E-state index is 0.107. The molecule has 0 aromatic heterocycles. The van der Waals surface area contributed by atoms with Gasteiger partial charge in [0.15, 0.2) is 0 Å². The molecule has 1 unspecified atom stereocenters. The molecule has 0 saturated carbocycles. The molecule has 18 heavy (non-hydrogen) atoms. The number of nitrogens with two attached hydrogens (primary N) is 1. The zero-order valence-corrected chi connectivity index (χ0v) is 9.50. The molecular weight excluding hydrogens is 236 g/mol. The van der Waals surface area contributed by atoms with Crippen LogP contribution in [0.25, 0.3) is 0 Å². The summed E-state index contributed by atoms with van der Waals surface area (Å²) in [6, 6.07) is 5.93. The maximum Gasteiger partial charge on any atom is 0.335 e. The Labute approximate surface area is 103 Å². The van der Waals surface area contributed by atoms with Crippen LogP contribution in [0.4, 0.5) is 5.69 Å². The summed E-state index contributed by atoms with van der Waals surface area (Å²) >= 11 is 0. The van der Waals surface area contributed by atoms with Crippen LogP contribution in [0.3, 0.4) is 0 Å². The summed E-state index contributed by atoms with van der Waals surface area (Å²) < 4.78 is 0. The summed E-state index contributed by atoms with van der Waals surface area (Å²) in [6.07, 6.45) is 0.107. The van der Waals surface area contributed by atoms with Crippen LogP contribution in [-0.4, -0.2) is 29.4 Å². The van der Waals surface area contributed by atoms with Crippen LogP contribution in [0.1, 0.15) is 16.8 Å². The third-order valence-electron chi connectivity index (χ3n) is 2.95. The Morgan fingerprint density at radius 1 is 1.28 bits per heavy atom. The summed E-state index contributed by atoms with van der Waals surface area (Å²) in [4.78, 5) is 34.9. The van der Waals surface area contributed by atoms with Gasteiger partial charge in [0.05, 0.1) is 11.5 Å². The highest BCUT2D eigenvalue weighted by molar-refractivity contribution is 6.00. The molecule has 94 valence electrons. The van der Waals surface area contributed by atoms with Gasteiger partial charge in [-0.25, -0.2) is 4.79 Å². The Bertz CT molecular complexity index is 509. The number of carboxylic acid groups (broad SMARTS) is 1. The first kappa shape index (κ1) is 12.1. The number of carboxylic acids is 1. The Morgan fingerprint density at radius 3 is 2.33 bits per heavy atom. The standard InChI is InChI=1S/C12H12N2O4/c13-11(16)8-5-10(15)14(6-8)9-3-1-7(2-4-9)12(17)18/h1-4,8H,5-6H2,(H2,13,16)(H,17,18). The molecule has 1 atom stereocenters. The van der Waals surface area contributed by atoms with Crippen LogP contribution >= 0.6 is 0 Å². The van der Waals surface area contributed by atoms with Gasteiger partial charge in [0, 0.05) is 18.7 Å². The van der Waals surface area contributed by atoms with Crippen LogP contribution < -0.4 is 10.6 Å². The summed E-state index contributed by atoms with van der Waals surface area (Å²) in [6.45, 7) is 0.251. The lowest BCUT2D eigenvalue weighted by molar-refractivity contribution is -0.123. The third-order valence-corrected chi connectivity index (χ3v) is 2.95. The highest BCUT2D eigenvalue weighted by atomic mass is 16.4. The number of carbonyl (C=O) groups excluding carboxylic acids is 2. The molecule has 2 amide bonds. The second-order valence-electron chi connectivity index (χ2n) is 4.16. The fourth-order valence-electron chi connectivity index (χ4n) is 1.93. The van der Waals surface area contributed by atoms with Crippen molar-refractivity contribution in [3.8, 4) is 0 Å². The van der Waals surface area contributed by atoms with Crippen LogP contribution in [-0.2, 0) is 9.59 Å². The van der Waals surface area contributed by atoms with Crippen molar-refractivity contribution < 1.29 is 19.5 Å². The Balaban J connectivity index is 2.19. The maximum atomic E-state index is 11.7. The van der Waals surface area contributed by atoms with Gasteiger partial charge in [-0.3, -0.25) is 9.59 Å². The zero-order chi connectivity index (χ0) is 13.3. The molecule has 3 N–H and O–H groups in total. The highest BCUT2D eigenvalue weighted by Crippen LogP contribution is 2.25. The van der Waals surface area contributed by atoms with Crippen molar-refractivity contribution in [2.45, 2.75) is 6.42 Å². The molecule has 0 radical (unpaired) electrons. The molecule has 0 spiro atoms. The van der Waals surface area contributed by atoms with Gasteiger partial charge in [-0.05, 0) is 24.3 Å². The summed E-state index contributed by atoms with van der Waals surface area (Å²) in [7, 11) is 0. The Kier molecular flexibility index (Phi) is 3.01. The molecule has 6 heteroatoms. The third kappa shape index (κ3) is 2.17. The maximum absolute atomic E-state index is 11.7. The van der Waals surface area contributed by atoms with Gasteiger partial charge in [-0.15, -0.1) is 0 Å². The van der Waals surface area contributed by atoms with Crippen molar-refractivity contribution in [3.63, 3.8) is 0 Å². The molecule has 1 aromatic rings. The number of carbonyl (C=O) groups is 3. The number of benzene rings is 1. The fourth-order valence-corrected chi connectivity index (χ4v) is 1.93. The lowest BCUT2D eigenvalue weighted by atomic mass is 10.1. The summed E-state index contributed by atoms with van der Waals surface area (Å²) in [5.41, 5.74) is 5.90. The second kappa shape index (κ2) is 4.48. The average Bonchev–Trinajstić information content (AvgIpc) is 2.71. The van der Waals surface area contributed by atoms with E-state index in [0.29, 0.717) is 5.69 Å². The molecule has 6 nitrogen and oxygen atoms in total. The zero-order valence-electron chi connectivity index (χ0n) is 9.50. The van der Waals surface area contributed by atoms with E-state index in [1.807, 2.05) is 0 Å². The van der Waals surface area contributed by atoms with Crippen molar-refractivity contribution >= 4 is 23.5 Å². The van der Waals surface area contributed by atoms with Gasteiger partial charge >= 0.3 is 5.97 Å². The first-order valence-corrected chi connectivity index (χ1v) is 5.42. The van der Waals surface area contributed by atoms with Gasteiger partial charge in [0.2, 0.25) is 11.8 Å². The lowest BCUT2D eigenvalue weighted by Gasteiger charge is -2.16. The lowest BCUT2D eigenvalue weighted by Crippen LogP contribution is -2.28. The van der Waals surface area contributed by atoms with Crippen LogP contribution in [0.5, 0.6) is 0 Å². The largest absolute Gasteiger partial charge is 0.478 e. The van der Waals surface area contributed by atoms with Crippen molar-refractivity contribution in [1.82, 2.24) is 0 Å². The van der Waals surface area contributed by atoms with Crippen molar-refractivity contribution in [2.75, 3.05) is 11.4 Å². The van der Waals surface area contributed by atoms with E-state index >= 15 is 0 Å². The second-order valence-corrected chi connectivity index (χ2v) is 4.16. The minimum atomic E-state index is -1.02. The molecule has 1 aliphatic heterocycles. The molecular formula is C12H12N2O4. The van der Waals surface area contributed by atoms with Gasteiger partial charge < -0.3 is 15.7 Å². The molecule has 1 heterocycles. The van der Waals surface area contributed by atoms with Crippen LogP contribution in [0.15, 0.2) is 24.3 Å². The van der Waals surface area contributed by atoms with E-state index in [1.165, 1.54) is 17.0 Å². The van der Waals surface area contributed by atoms with Crippen molar-refractivity contribution in [1.29, 1.82) is 0 Å². The SMILES string of the molecule is NC(=O)C1CC(=O)N(c2ccc(C(=O)O)cc2)C1. The van der Waals surface area contributed by atoms with Crippen molar-refractivity contribution in [2.24, 2.45) is 11.7 Å². The minimum Gasteiger partial charge on any atom is -0.478 e. The predicted octanol–water partition coefficient (Wildman–Crippen LogP) is 0.223. The Hall–Kier alpha value is -2.37. The summed E-state index contributed by atoms with van der Waals surface area (Å²) in [5.74, 6) is -2.17. The number of primary amides is 1. The summed E-state index contributed by atoms with van der Waals surface area (Å²) in [5, 5.41) is 8.77. The van der Waals surface area contributed by atoms with Gasteiger partial charge in [0.25, 0.3) is 0 Å². The molecule has 0 bridgehead atoms. The molecule has 1 fully saturated rings. The van der Waals surface area contributed by atoms with E-state index in [1.54, 1.807) is 12.1 Å². The van der Waals surface area contributed by atoms with Crippen LogP contribution in [0, 0.1) is 5.92 Å². The smallest absolute Gasteiger partial charge is 0.335 e. The number of hydrogen-bond donors (Lipinski definition) is 2. The van der Waals surface area contributed by atoms with E-state index in [9.17, 15) is 14.4 Å². The van der Waals surface area contributed by atoms with Gasteiger partial charge in [-0.2, -0.15) is 0 Å². The predicted molar refractivity (Wildman–Crippen MR) is 63.1 cm³/mol. The topological polar surface area (TPSA) is 101 Å². The van der Waals surface area contributed by atoms with Crippen molar-refractivity contribution in [3.05, 3.63) is 29.8 Å². The van der Waals surface area contributed by atoms with Crippen LogP contribution in [0.2, 0.25) is 0 Å². The van der Waals surface area contributed by atoms with E-state index in [0.717, 1.165) is 0 Å². The number of aromatic carboxylic acids is 1. The number of rotatable bonds is 3. The molecule has 2 rings (SSSR count). The molecule has 1 aromatic carbocycles. The van der Waals surface area contributed by atoms with E-state index in [-0.39, 0.29) is 24.4 Å². The normalized spacial score (nSPS) is 19.0. The first-order chi connectivity index (χ1) is 8.49. The van der Waals surface area contributed by atoms with Gasteiger partial charge in [-0.1, -0.05) is 0 Å². The van der Waals surface area contributed by atoms with E-state index in [4.69, 9.17) is 10.8 Å². The van der Waals surface area contributed by atoms with Gasteiger partial charge in [0.1, 0.15) is 0 Å². The first-order valence-electron chi connectivity index (χ1n) is 5.42. The molecule has 0 aliphatic carbocycles. The average molecular weight is 248 g/mol. The van der Waals surface area contributed by atoms with E-state index < -0.39 is 17.8 Å². The highest BCUT2D eigenvalue weighted by Gasteiger charge is 2.33. The van der Waals surface area contributed by atoms with E-state index in [2.05, 4.69) is 0 Å². The number of hydrogen-bond acceptors (Lipinski definition) is 3. The molecule has 1 aliphatic rings. The number of anilines is 1. The number of nitrogens with zero attached hydrogens (tertiary/aromatic N) is 1. The Morgan fingerprint density at radius 2 is 1.89 bits per heavy atom. The fraction of sp³-hybridized carbons (Fsp3) is 0.250. The quantitative estimate of drug-likeness (QED) is 0.799. The molecule has 1 saturated heterocycles.